The predicted molar refractivity (Wildman–Crippen MR) is 98.6 cm³/mol. The Balaban J connectivity index is 1.44. The van der Waals surface area contributed by atoms with E-state index in [1.165, 1.54) is 0 Å². The molecule has 25 heavy (non-hydrogen) atoms. The molecular weight excluding hydrogens is 359 g/mol. The molecule has 4 rings (SSSR count). The first-order chi connectivity index (χ1) is 12.1. The molecule has 1 aliphatic carbocycles. The summed E-state index contributed by atoms with van der Waals surface area (Å²) in [5.74, 6) is 2.18. The van der Waals surface area contributed by atoms with Crippen molar-refractivity contribution in [1.29, 1.82) is 0 Å². The number of nitrogens with zero attached hydrogens (tertiary/aromatic N) is 4. The second-order valence-electron chi connectivity index (χ2n) is 6.47. The molecule has 1 aromatic heterocycles. The van der Waals surface area contributed by atoms with E-state index >= 15 is 0 Å². The lowest BCUT2D eigenvalue weighted by Crippen LogP contribution is -2.49. The molecule has 0 spiro atoms. The molecule has 130 valence electrons. The number of aromatic nitrogens is 2. The summed E-state index contributed by atoms with van der Waals surface area (Å²) < 4.78 is 0. The van der Waals surface area contributed by atoms with Crippen LogP contribution in [-0.4, -0.2) is 47.0 Å². The van der Waals surface area contributed by atoms with Crippen LogP contribution >= 0.6 is 23.2 Å². The van der Waals surface area contributed by atoms with Gasteiger partial charge in [0.1, 0.15) is 16.8 Å². The van der Waals surface area contributed by atoms with Gasteiger partial charge < -0.3 is 9.80 Å². The Labute approximate surface area is 156 Å². The Kier molecular flexibility index (Phi) is 4.52. The maximum atomic E-state index is 12.6. The van der Waals surface area contributed by atoms with Crippen LogP contribution in [0.4, 0.5) is 5.82 Å². The number of piperazine rings is 1. The number of halogens is 2. The molecule has 2 aromatic rings. The maximum Gasteiger partial charge on any atom is 0.254 e. The van der Waals surface area contributed by atoms with Crippen LogP contribution in [0.3, 0.4) is 0 Å². The first-order valence-electron chi connectivity index (χ1n) is 8.44. The highest BCUT2D eigenvalue weighted by Crippen LogP contribution is 2.39. The second kappa shape index (κ2) is 6.81. The first-order valence-corrected chi connectivity index (χ1v) is 9.20. The van der Waals surface area contributed by atoms with E-state index in [4.69, 9.17) is 23.2 Å². The molecule has 0 N–H and O–H groups in total. The van der Waals surface area contributed by atoms with Gasteiger partial charge in [-0.05, 0) is 31.0 Å². The topological polar surface area (TPSA) is 49.3 Å². The highest BCUT2D eigenvalue weighted by atomic mass is 35.5. The van der Waals surface area contributed by atoms with Gasteiger partial charge >= 0.3 is 0 Å². The minimum Gasteiger partial charge on any atom is -0.353 e. The van der Waals surface area contributed by atoms with Gasteiger partial charge in [0.05, 0.1) is 0 Å². The molecule has 1 aromatic carbocycles. The van der Waals surface area contributed by atoms with E-state index in [1.54, 1.807) is 24.3 Å². The van der Waals surface area contributed by atoms with Gasteiger partial charge in [-0.2, -0.15) is 0 Å². The fourth-order valence-corrected chi connectivity index (χ4v) is 3.43. The van der Waals surface area contributed by atoms with Crippen LogP contribution < -0.4 is 4.90 Å². The standard InChI is InChI=1S/C18H18Cl2N4O/c19-14-3-1-2-13(10-14)18(25)24-8-6-23(7-9-24)16-11-15(20)21-17(22-16)12-4-5-12/h1-3,10-12H,4-9H2. The minimum absolute atomic E-state index is 0.0153. The van der Waals surface area contributed by atoms with Crippen LogP contribution in [0.2, 0.25) is 10.2 Å². The van der Waals surface area contributed by atoms with E-state index in [0.717, 1.165) is 37.6 Å². The van der Waals surface area contributed by atoms with Crippen molar-refractivity contribution in [1.82, 2.24) is 14.9 Å². The van der Waals surface area contributed by atoms with Crippen LogP contribution in [-0.2, 0) is 0 Å². The van der Waals surface area contributed by atoms with E-state index in [0.29, 0.717) is 34.7 Å². The van der Waals surface area contributed by atoms with Crippen LogP contribution in [0.15, 0.2) is 30.3 Å². The minimum atomic E-state index is 0.0153. The summed E-state index contributed by atoms with van der Waals surface area (Å²) in [4.78, 5) is 25.6. The summed E-state index contributed by atoms with van der Waals surface area (Å²) in [5, 5.41) is 1.07. The lowest BCUT2D eigenvalue weighted by atomic mass is 10.2. The zero-order valence-corrected chi connectivity index (χ0v) is 15.2. The van der Waals surface area contributed by atoms with Crippen LogP contribution in [0.25, 0.3) is 0 Å². The number of rotatable bonds is 3. The van der Waals surface area contributed by atoms with Crippen LogP contribution in [0, 0.1) is 0 Å². The molecule has 0 bridgehead atoms. The molecule has 2 fully saturated rings. The van der Waals surface area contributed by atoms with E-state index in [9.17, 15) is 4.79 Å². The summed E-state index contributed by atoms with van der Waals surface area (Å²) >= 11 is 12.1. The first kappa shape index (κ1) is 16.6. The molecule has 0 atom stereocenters. The quantitative estimate of drug-likeness (QED) is 0.767. The Bertz CT molecular complexity index is 801. The predicted octanol–water partition coefficient (Wildman–Crippen LogP) is 3.62. The molecule has 2 aliphatic rings. The normalized spacial score (nSPS) is 17.7. The molecule has 0 radical (unpaired) electrons. The average molecular weight is 377 g/mol. The molecular formula is C18H18Cl2N4O. The van der Waals surface area contributed by atoms with Crippen molar-refractivity contribution in [3.8, 4) is 0 Å². The van der Waals surface area contributed by atoms with Gasteiger partial charge in [-0.25, -0.2) is 9.97 Å². The van der Waals surface area contributed by atoms with Gasteiger partial charge in [-0.3, -0.25) is 4.79 Å². The lowest BCUT2D eigenvalue weighted by molar-refractivity contribution is 0.0746. The zero-order chi connectivity index (χ0) is 17.4. The smallest absolute Gasteiger partial charge is 0.254 e. The monoisotopic (exact) mass is 376 g/mol. The average Bonchev–Trinajstić information content (AvgIpc) is 3.46. The molecule has 1 aliphatic heterocycles. The van der Waals surface area contributed by atoms with Crippen molar-refractivity contribution in [3.05, 3.63) is 51.9 Å². The molecule has 0 unspecified atom stereocenters. The number of hydrogen-bond donors (Lipinski definition) is 0. The third kappa shape index (κ3) is 3.72. The second-order valence-corrected chi connectivity index (χ2v) is 7.29. The van der Waals surface area contributed by atoms with Gasteiger partial charge in [0.15, 0.2) is 0 Å². The van der Waals surface area contributed by atoms with Gasteiger partial charge in [-0.1, -0.05) is 29.3 Å². The number of carbonyl (C=O) groups is 1. The van der Waals surface area contributed by atoms with Crippen LogP contribution in [0.1, 0.15) is 34.9 Å². The highest BCUT2D eigenvalue weighted by molar-refractivity contribution is 6.31. The van der Waals surface area contributed by atoms with Crippen LogP contribution in [0.5, 0.6) is 0 Å². The van der Waals surface area contributed by atoms with E-state index < -0.39 is 0 Å². The van der Waals surface area contributed by atoms with Gasteiger partial charge in [0.2, 0.25) is 0 Å². The van der Waals surface area contributed by atoms with Crippen molar-refractivity contribution in [2.45, 2.75) is 18.8 Å². The molecule has 2 heterocycles. The van der Waals surface area contributed by atoms with Crippen molar-refractivity contribution in [3.63, 3.8) is 0 Å². The Hall–Kier alpha value is -1.85. The number of benzene rings is 1. The number of hydrogen-bond acceptors (Lipinski definition) is 4. The Morgan fingerprint density at radius 2 is 1.80 bits per heavy atom. The zero-order valence-electron chi connectivity index (χ0n) is 13.7. The summed E-state index contributed by atoms with van der Waals surface area (Å²) in [6.07, 6.45) is 2.28. The van der Waals surface area contributed by atoms with Crippen molar-refractivity contribution in [2.24, 2.45) is 0 Å². The van der Waals surface area contributed by atoms with E-state index in [-0.39, 0.29) is 5.91 Å². The summed E-state index contributed by atoms with van der Waals surface area (Å²) in [5.41, 5.74) is 0.627. The third-order valence-corrected chi connectivity index (χ3v) is 5.03. The number of carbonyl (C=O) groups excluding carboxylic acids is 1. The van der Waals surface area contributed by atoms with Gasteiger partial charge in [-0.15, -0.1) is 0 Å². The lowest BCUT2D eigenvalue weighted by Gasteiger charge is -2.35. The summed E-state index contributed by atoms with van der Waals surface area (Å²) in [6.45, 7) is 2.74. The molecule has 5 nitrogen and oxygen atoms in total. The number of anilines is 1. The van der Waals surface area contributed by atoms with E-state index in [2.05, 4.69) is 14.9 Å². The molecule has 1 amide bonds. The molecule has 7 heteroatoms. The number of amides is 1. The highest BCUT2D eigenvalue weighted by Gasteiger charge is 2.29. The van der Waals surface area contributed by atoms with Gasteiger partial charge in [0, 0.05) is 48.7 Å². The van der Waals surface area contributed by atoms with Crippen molar-refractivity contribution in [2.75, 3.05) is 31.1 Å². The molecule has 1 saturated carbocycles. The maximum absolute atomic E-state index is 12.6. The van der Waals surface area contributed by atoms with Crippen molar-refractivity contribution < 1.29 is 4.79 Å². The molecule has 1 saturated heterocycles. The van der Waals surface area contributed by atoms with E-state index in [1.807, 2.05) is 11.0 Å². The largest absolute Gasteiger partial charge is 0.353 e. The Morgan fingerprint density at radius 1 is 1.04 bits per heavy atom. The fourth-order valence-electron chi connectivity index (χ4n) is 3.05. The SMILES string of the molecule is O=C(c1cccc(Cl)c1)N1CCN(c2cc(Cl)nc(C3CC3)n2)CC1. The fraction of sp³-hybridized carbons (Fsp3) is 0.389. The Morgan fingerprint density at radius 3 is 2.48 bits per heavy atom. The summed E-state index contributed by atoms with van der Waals surface area (Å²) in [6, 6.07) is 8.89. The van der Waals surface area contributed by atoms with Crippen molar-refractivity contribution >= 4 is 34.9 Å². The van der Waals surface area contributed by atoms with Gasteiger partial charge in [0.25, 0.3) is 5.91 Å². The summed E-state index contributed by atoms with van der Waals surface area (Å²) in [7, 11) is 0. The third-order valence-electron chi connectivity index (χ3n) is 4.60.